The van der Waals surface area contributed by atoms with E-state index >= 15 is 0 Å². The Kier molecular flexibility index (Phi) is 8.73. The van der Waals surface area contributed by atoms with Crippen molar-refractivity contribution < 1.29 is 48.7 Å². The van der Waals surface area contributed by atoms with Crippen molar-refractivity contribution in [3.63, 3.8) is 0 Å². The van der Waals surface area contributed by atoms with Crippen molar-refractivity contribution >= 4 is 15.5 Å². The maximum absolute atomic E-state index is 6.38. The quantitative estimate of drug-likeness (QED) is 0.348. The van der Waals surface area contributed by atoms with Crippen LogP contribution >= 0.6 is 11.6 Å². The van der Waals surface area contributed by atoms with E-state index in [1.54, 1.807) is 11.0 Å². The molecule has 1 nitrogen and oxygen atoms in total. The van der Waals surface area contributed by atoms with Crippen molar-refractivity contribution in [2.45, 2.75) is 40.5 Å². The number of methoxy groups -OCH3 is 1. The van der Waals surface area contributed by atoms with E-state index in [1.807, 2.05) is 6.07 Å². The predicted molar refractivity (Wildman–Crippen MR) is 136 cm³/mol. The van der Waals surface area contributed by atoms with E-state index in [2.05, 4.69) is 82.3 Å². The predicted octanol–water partition coefficient (Wildman–Crippen LogP) is 1.95. The van der Waals surface area contributed by atoms with Gasteiger partial charge in [0, 0.05) is 0 Å². The molecule has 0 spiro atoms. The molecule has 0 bridgehead atoms. The summed E-state index contributed by atoms with van der Waals surface area (Å²) in [4.78, 5) is 0. The molecular formula is C30H29Cl3OTi. The molecule has 35 heavy (non-hydrogen) atoms. The second-order valence-corrected chi connectivity index (χ2v) is 12.5. The third-order valence-corrected chi connectivity index (χ3v) is 9.51. The molecule has 3 aromatic rings. The molecule has 0 N–H and O–H groups in total. The van der Waals surface area contributed by atoms with Gasteiger partial charge in [-0.15, -0.1) is 0 Å². The number of rotatable bonds is 4. The van der Waals surface area contributed by atoms with Crippen LogP contribution in [0.2, 0.25) is 5.02 Å². The molecule has 0 aliphatic heterocycles. The van der Waals surface area contributed by atoms with Crippen LogP contribution < -0.4 is 33.4 Å². The Bertz CT molecular complexity index is 1320. The van der Waals surface area contributed by atoms with Gasteiger partial charge in [0.15, 0.2) is 0 Å². The Hall–Kier alpha value is -1.48. The molecule has 5 rings (SSSR count). The molecule has 0 fully saturated rings. The van der Waals surface area contributed by atoms with Crippen LogP contribution in [0, 0.1) is 5.41 Å². The Morgan fingerprint density at radius 1 is 0.943 bits per heavy atom. The van der Waals surface area contributed by atoms with Crippen LogP contribution in [-0.2, 0) is 25.6 Å². The first-order valence-corrected chi connectivity index (χ1v) is 13.5. The first kappa shape index (κ1) is 28.1. The molecule has 0 amide bonds. The normalized spacial score (nSPS) is 13.8. The van der Waals surface area contributed by atoms with E-state index in [1.165, 1.54) is 48.4 Å². The number of halogens is 3. The number of hydrogen-bond acceptors (Lipinski definition) is 1. The zero-order chi connectivity index (χ0) is 23.3. The molecule has 2 aliphatic carbocycles. The zero-order valence-corrected chi connectivity index (χ0v) is 24.6. The van der Waals surface area contributed by atoms with Gasteiger partial charge in [-0.3, -0.25) is 0 Å². The van der Waals surface area contributed by atoms with Gasteiger partial charge >= 0.3 is 212 Å². The maximum Gasteiger partial charge on any atom is -1.00 e. The standard InChI is InChI=1S/C20H14ClO.C10H15.2ClH.Ti/c1-22-19-10-9-16(13-5-3-2-4-6-13)18-12-14-11-15(21)7-8-17(14)20(18)19;1-8-5-6-9(7-8)10(2,3)4;;;/h2-8,10-11H,12H2,1H3;6H,5H2,1-4H3;2*1H;/q;;;;+2/p-2. The van der Waals surface area contributed by atoms with Crippen LogP contribution in [0.5, 0.6) is 5.75 Å². The van der Waals surface area contributed by atoms with E-state index < -0.39 is 19.2 Å². The van der Waals surface area contributed by atoms with Crippen LogP contribution in [0.3, 0.4) is 0 Å². The molecule has 0 aromatic heterocycles. The second-order valence-electron chi connectivity index (χ2n) is 10.1. The molecule has 0 unspecified atom stereocenters. The Labute approximate surface area is 235 Å². The summed E-state index contributed by atoms with van der Waals surface area (Å²) in [6, 6.07) is 19.5. The first-order chi connectivity index (χ1) is 15.8. The van der Waals surface area contributed by atoms with E-state index in [-0.39, 0.29) is 30.2 Å². The molecule has 0 saturated carbocycles. The minimum atomic E-state index is -0.556. The summed E-state index contributed by atoms with van der Waals surface area (Å²) in [6.07, 6.45) is 4.43. The molecular weight excluding hydrogens is 531 g/mol. The van der Waals surface area contributed by atoms with E-state index in [4.69, 9.17) is 16.3 Å². The Balaban J connectivity index is 0.00000171. The van der Waals surface area contributed by atoms with Crippen molar-refractivity contribution in [1.29, 1.82) is 0 Å². The fraction of sp³-hybridized carbons (Fsp3) is 0.267. The number of hydrogen-bond donors (Lipinski definition) is 0. The summed E-state index contributed by atoms with van der Waals surface area (Å²) < 4.78 is 9.09. The van der Waals surface area contributed by atoms with Crippen LogP contribution in [-0.4, -0.2) is 7.11 Å². The maximum atomic E-state index is 6.38. The Morgan fingerprint density at radius 2 is 1.66 bits per heavy atom. The SMILES string of the molecule is COc1c[c]([Ti+2][C]2=C(C)CC=C2C(C)(C)C)c(-c2ccccc2)c2c1-c1ccc(Cl)cc1C2.[Cl-].[Cl-]. The summed E-state index contributed by atoms with van der Waals surface area (Å²) in [6.45, 7) is 9.33. The number of fused-ring (bicyclic) bond motifs is 3. The van der Waals surface area contributed by atoms with Crippen molar-refractivity contribution in [3.8, 4) is 28.0 Å². The van der Waals surface area contributed by atoms with E-state index in [9.17, 15) is 0 Å². The Morgan fingerprint density at radius 3 is 2.31 bits per heavy atom. The van der Waals surface area contributed by atoms with Gasteiger partial charge in [-0.25, -0.2) is 0 Å². The molecule has 3 aromatic carbocycles. The van der Waals surface area contributed by atoms with Gasteiger partial charge in [-0.05, 0) is 0 Å². The van der Waals surface area contributed by atoms with Gasteiger partial charge in [-0.2, -0.15) is 0 Å². The van der Waals surface area contributed by atoms with Gasteiger partial charge in [0.2, 0.25) is 0 Å². The topological polar surface area (TPSA) is 9.23 Å². The zero-order valence-electron chi connectivity index (χ0n) is 20.7. The first-order valence-electron chi connectivity index (χ1n) is 11.5. The molecule has 2 aliphatic rings. The van der Waals surface area contributed by atoms with Crippen molar-refractivity contribution in [1.82, 2.24) is 0 Å². The van der Waals surface area contributed by atoms with Crippen molar-refractivity contribution in [2.75, 3.05) is 7.11 Å². The van der Waals surface area contributed by atoms with Gasteiger partial charge in [-0.1, -0.05) is 0 Å². The number of ether oxygens (including phenoxy) is 1. The van der Waals surface area contributed by atoms with Gasteiger partial charge in [0.25, 0.3) is 0 Å². The summed E-state index contributed by atoms with van der Waals surface area (Å²) in [5.41, 5.74) is 11.1. The van der Waals surface area contributed by atoms with Crippen LogP contribution in [0.25, 0.3) is 22.3 Å². The van der Waals surface area contributed by atoms with Gasteiger partial charge < -0.3 is 24.8 Å². The smallest absolute Gasteiger partial charge is 1.00 e. The third kappa shape index (κ3) is 5.17. The molecule has 0 heterocycles. The summed E-state index contributed by atoms with van der Waals surface area (Å²) >= 11 is 5.82. The van der Waals surface area contributed by atoms with E-state index in [0.717, 1.165) is 23.6 Å². The summed E-state index contributed by atoms with van der Waals surface area (Å²) in [5.74, 6) is 0.988. The van der Waals surface area contributed by atoms with Crippen LogP contribution in [0.4, 0.5) is 0 Å². The minimum Gasteiger partial charge on any atom is -1.00 e. The fourth-order valence-corrected chi connectivity index (χ4v) is 8.24. The molecule has 0 saturated heterocycles. The molecule has 180 valence electrons. The fourth-order valence-electron chi connectivity index (χ4n) is 5.20. The van der Waals surface area contributed by atoms with Crippen molar-refractivity contribution in [3.05, 3.63) is 91.8 Å². The second kappa shape index (κ2) is 10.9. The van der Waals surface area contributed by atoms with E-state index in [0.29, 0.717) is 0 Å². The van der Waals surface area contributed by atoms with Gasteiger partial charge in [0.05, 0.1) is 0 Å². The largest absolute Gasteiger partial charge is 1.00 e. The number of benzene rings is 3. The molecule has 0 atom stereocenters. The average molecular weight is 560 g/mol. The summed E-state index contributed by atoms with van der Waals surface area (Å²) in [5, 5.41) is 0.794. The molecule has 5 heteroatoms. The van der Waals surface area contributed by atoms with Crippen LogP contribution in [0.15, 0.2) is 75.7 Å². The average Bonchev–Trinajstić information content (AvgIpc) is 3.33. The summed E-state index contributed by atoms with van der Waals surface area (Å²) in [7, 11) is 1.80. The van der Waals surface area contributed by atoms with Gasteiger partial charge in [0.1, 0.15) is 0 Å². The van der Waals surface area contributed by atoms with Crippen molar-refractivity contribution in [2.24, 2.45) is 5.41 Å². The van der Waals surface area contributed by atoms with Crippen LogP contribution in [0.1, 0.15) is 45.2 Å². The minimum absolute atomic E-state index is 0. The number of allylic oxidation sites excluding steroid dienone is 4. The third-order valence-electron chi connectivity index (χ3n) is 6.76. The molecule has 0 radical (unpaired) electrons. The monoisotopic (exact) mass is 558 g/mol.